The molecule has 1 amide bonds. The van der Waals surface area contributed by atoms with Gasteiger partial charge in [-0.25, -0.2) is 4.99 Å². The molecule has 1 N–H and O–H groups in total. The SMILES string of the molecule is CNCSC1=NC(=O)CC=N1. The predicted molar refractivity (Wildman–Crippen MR) is 47.1 cm³/mol. The van der Waals surface area contributed by atoms with Crippen molar-refractivity contribution in [1.82, 2.24) is 5.32 Å². The molecule has 1 heterocycles. The maximum Gasteiger partial charge on any atom is 0.253 e. The lowest BCUT2D eigenvalue weighted by molar-refractivity contribution is -0.116. The van der Waals surface area contributed by atoms with E-state index in [2.05, 4.69) is 15.3 Å². The lowest BCUT2D eigenvalue weighted by Crippen LogP contribution is -2.10. The maximum atomic E-state index is 10.7. The van der Waals surface area contributed by atoms with Gasteiger partial charge in [0.05, 0.1) is 6.42 Å². The molecular formula is C6H9N3OS. The molecule has 0 saturated carbocycles. The van der Waals surface area contributed by atoms with Crippen LogP contribution < -0.4 is 5.32 Å². The molecule has 1 aliphatic rings. The van der Waals surface area contributed by atoms with Crippen LogP contribution >= 0.6 is 11.8 Å². The molecule has 0 aromatic heterocycles. The van der Waals surface area contributed by atoms with E-state index in [1.165, 1.54) is 11.8 Å². The van der Waals surface area contributed by atoms with Gasteiger partial charge in [-0.2, -0.15) is 4.99 Å². The van der Waals surface area contributed by atoms with Gasteiger partial charge in [-0.05, 0) is 7.05 Å². The monoisotopic (exact) mass is 171 g/mol. The Balaban J connectivity index is 2.44. The number of amidine groups is 1. The van der Waals surface area contributed by atoms with Crippen molar-refractivity contribution in [1.29, 1.82) is 0 Å². The first-order chi connectivity index (χ1) is 5.33. The van der Waals surface area contributed by atoms with Crippen LogP contribution in [0.25, 0.3) is 0 Å². The van der Waals surface area contributed by atoms with Crippen LogP contribution in [0.2, 0.25) is 0 Å². The van der Waals surface area contributed by atoms with Gasteiger partial charge in [-0.15, -0.1) is 0 Å². The van der Waals surface area contributed by atoms with Gasteiger partial charge in [0.1, 0.15) is 0 Å². The Hall–Kier alpha value is -0.680. The van der Waals surface area contributed by atoms with E-state index < -0.39 is 0 Å². The molecule has 0 aromatic carbocycles. The van der Waals surface area contributed by atoms with Gasteiger partial charge in [0, 0.05) is 12.1 Å². The van der Waals surface area contributed by atoms with Gasteiger partial charge in [0.2, 0.25) is 0 Å². The highest BCUT2D eigenvalue weighted by Crippen LogP contribution is 2.06. The van der Waals surface area contributed by atoms with Crippen molar-refractivity contribution in [3.05, 3.63) is 0 Å². The van der Waals surface area contributed by atoms with Crippen LogP contribution in [-0.4, -0.2) is 30.2 Å². The van der Waals surface area contributed by atoms with E-state index in [-0.39, 0.29) is 5.91 Å². The summed E-state index contributed by atoms with van der Waals surface area (Å²) in [6.07, 6.45) is 1.93. The molecule has 0 aromatic rings. The molecule has 0 bridgehead atoms. The fourth-order valence-electron chi connectivity index (χ4n) is 0.589. The molecule has 1 aliphatic heterocycles. The minimum atomic E-state index is -0.112. The summed E-state index contributed by atoms with van der Waals surface area (Å²) in [5.41, 5.74) is 0. The molecular weight excluding hydrogens is 162 g/mol. The number of amides is 1. The average molecular weight is 171 g/mol. The number of aliphatic imine (C=N–C) groups is 2. The summed E-state index contributed by atoms with van der Waals surface area (Å²) in [7, 11) is 1.84. The fraction of sp³-hybridized carbons (Fsp3) is 0.500. The summed E-state index contributed by atoms with van der Waals surface area (Å²) in [5.74, 6) is 0.613. The first-order valence-electron chi connectivity index (χ1n) is 3.24. The fourth-order valence-corrected chi connectivity index (χ4v) is 1.18. The quantitative estimate of drug-likeness (QED) is 0.606. The number of hydrogen-bond acceptors (Lipinski definition) is 4. The number of carbonyl (C=O) groups excluding carboxylic acids is 1. The molecule has 0 saturated heterocycles. The molecule has 0 unspecified atom stereocenters. The Bertz CT molecular complexity index is 212. The molecule has 0 atom stereocenters. The highest BCUT2D eigenvalue weighted by atomic mass is 32.2. The minimum absolute atomic E-state index is 0.112. The van der Waals surface area contributed by atoms with Crippen LogP contribution in [0.15, 0.2) is 9.98 Å². The second-order valence-electron chi connectivity index (χ2n) is 1.95. The van der Waals surface area contributed by atoms with Crippen molar-refractivity contribution in [2.45, 2.75) is 6.42 Å². The summed E-state index contributed by atoms with van der Waals surface area (Å²) in [4.78, 5) is 18.4. The predicted octanol–water partition coefficient (Wildman–Crippen LogP) is 0.254. The standard InChI is InChI=1S/C6H9N3OS/c1-7-4-11-6-8-3-2-5(10)9-6/h3,7H,2,4H2,1H3. The van der Waals surface area contributed by atoms with Crippen molar-refractivity contribution in [3.8, 4) is 0 Å². The van der Waals surface area contributed by atoms with Crippen LogP contribution in [0, 0.1) is 0 Å². The number of nitrogens with one attached hydrogen (secondary N) is 1. The first kappa shape index (κ1) is 8.42. The van der Waals surface area contributed by atoms with E-state index in [4.69, 9.17) is 0 Å². The Morgan fingerprint density at radius 2 is 2.64 bits per heavy atom. The van der Waals surface area contributed by atoms with Crippen LogP contribution in [0.5, 0.6) is 0 Å². The second kappa shape index (κ2) is 4.25. The van der Waals surface area contributed by atoms with E-state index in [9.17, 15) is 4.79 Å². The van der Waals surface area contributed by atoms with Crippen molar-refractivity contribution >= 4 is 29.1 Å². The van der Waals surface area contributed by atoms with Crippen molar-refractivity contribution < 1.29 is 4.79 Å². The Kier molecular flexibility index (Phi) is 3.25. The number of carbonyl (C=O) groups is 1. The van der Waals surface area contributed by atoms with E-state index in [0.29, 0.717) is 11.6 Å². The maximum absolute atomic E-state index is 10.7. The Morgan fingerprint density at radius 3 is 3.27 bits per heavy atom. The molecule has 60 valence electrons. The van der Waals surface area contributed by atoms with Crippen molar-refractivity contribution in [3.63, 3.8) is 0 Å². The van der Waals surface area contributed by atoms with Crippen LogP contribution in [-0.2, 0) is 4.79 Å². The topological polar surface area (TPSA) is 53.8 Å². The summed E-state index contributed by atoms with van der Waals surface area (Å²) in [6, 6.07) is 0. The highest BCUT2D eigenvalue weighted by molar-refractivity contribution is 8.13. The largest absolute Gasteiger partial charge is 0.311 e. The molecule has 5 heteroatoms. The molecule has 1 rings (SSSR count). The smallest absolute Gasteiger partial charge is 0.253 e. The highest BCUT2D eigenvalue weighted by Gasteiger charge is 2.06. The molecule has 0 radical (unpaired) electrons. The summed E-state index contributed by atoms with van der Waals surface area (Å²) >= 11 is 1.42. The third-order valence-electron chi connectivity index (χ3n) is 1.03. The van der Waals surface area contributed by atoms with Gasteiger partial charge in [0.25, 0.3) is 5.91 Å². The lowest BCUT2D eigenvalue weighted by Gasteiger charge is -2.02. The first-order valence-corrected chi connectivity index (χ1v) is 4.23. The van der Waals surface area contributed by atoms with Gasteiger partial charge in [0.15, 0.2) is 5.17 Å². The third-order valence-corrected chi connectivity index (χ3v) is 1.92. The van der Waals surface area contributed by atoms with E-state index >= 15 is 0 Å². The Morgan fingerprint density at radius 1 is 1.82 bits per heavy atom. The molecule has 0 fully saturated rings. The Labute approximate surface area is 69.2 Å². The van der Waals surface area contributed by atoms with Crippen LogP contribution in [0.4, 0.5) is 0 Å². The number of rotatable bonds is 2. The number of nitrogens with zero attached hydrogens (tertiary/aromatic N) is 2. The number of thioether (sulfide) groups is 1. The average Bonchev–Trinajstić information content (AvgIpc) is 2.01. The van der Waals surface area contributed by atoms with Gasteiger partial charge < -0.3 is 5.32 Å². The second-order valence-corrected chi connectivity index (χ2v) is 2.89. The van der Waals surface area contributed by atoms with E-state index in [0.717, 1.165) is 5.88 Å². The van der Waals surface area contributed by atoms with Gasteiger partial charge >= 0.3 is 0 Å². The van der Waals surface area contributed by atoms with Crippen molar-refractivity contribution in [2.24, 2.45) is 9.98 Å². The van der Waals surface area contributed by atoms with Crippen LogP contribution in [0.3, 0.4) is 0 Å². The molecule has 0 spiro atoms. The zero-order valence-corrected chi connectivity index (χ0v) is 7.02. The number of hydrogen-bond donors (Lipinski definition) is 1. The van der Waals surface area contributed by atoms with Crippen LogP contribution in [0.1, 0.15) is 6.42 Å². The molecule has 4 nitrogen and oxygen atoms in total. The zero-order valence-electron chi connectivity index (χ0n) is 6.20. The third kappa shape index (κ3) is 2.81. The normalized spacial score (nSPS) is 16.8. The van der Waals surface area contributed by atoms with Gasteiger partial charge in [-0.3, -0.25) is 4.79 Å². The van der Waals surface area contributed by atoms with Crippen molar-refractivity contribution in [2.75, 3.05) is 12.9 Å². The van der Waals surface area contributed by atoms with E-state index in [1.54, 1.807) is 6.21 Å². The van der Waals surface area contributed by atoms with Gasteiger partial charge in [-0.1, -0.05) is 11.8 Å². The summed E-state index contributed by atoms with van der Waals surface area (Å²) < 4.78 is 0. The molecule has 11 heavy (non-hydrogen) atoms. The summed E-state index contributed by atoms with van der Waals surface area (Å²) in [6.45, 7) is 0. The zero-order chi connectivity index (χ0) is 8.10. The lowest BCUT2D eigenvalue weighted by atomic mass is 10.4. The summed E-state index contributed by atoms with van der Waals surface area (Å²) in [5, 5.41) is 3.48. The minimum Gasteiger partial charge on any atom is -0.311 e. The van der Waals surface area contributed by atoms with E-state index in [1.807, 2.05) is 7.05 Å². The molecule has 0 aliphatic carbocycles.